The van der Waals surface area contributed by atoms with E-state index in [1.165, 1.54) is 25.7 Å². The van der Waals surface area contributed by atoms with Crippen molar-refractivity contribution in [2.75, 3.05) is 0 Å². The average Bonchev–Trinajstić information content (AvgIpc) is 2.41. The van der Waals surface area contributed by atoms with E-state index in [1.807, 2.05) is 0 Å². The number of rotatable bonds is 0. The Kier molecular flexibility index (Phi) is 0.963. The molecule has 0 saturated heterocycles. The van der Waals surface area contributed by atoms with Crippen LogP contribution < -0.4 is 5.73 Å². The zero-order valence-corrected chi connectivity index (χ0v) is 6.06. The van der Waals surface area contributed by atoms with Crippen LogP contribution in [-0.2, 0) is 0 Å². The summed E-state index contributed by atoms with van der Waals surface area (Å²) < 4.78 is 0. The van der Waals surface area contributed by atoms with Gasteiger partial charge in [-0.2, -0.15) is 0 Å². The van der Waals surface area contributed by atoms with E-state index >= 15 is 0 Å². The summed E-state index contributed by atoms with van der Waals surface area (Å²) in [5.74, 6) is 1.00. The lowest BCUT2D eigenvalue weighted by Crippen LogP contribution is -2.26. The third-order valence-corrected chi connectivity index (χ3v) is 3.21. The van der Waals surface area contributed by atoms with Crippen LogP contribution in [-0.4, -0.2) is 6.04 Å². The quantitative estimate of drug-likeness (QED) is 0.522. The summed E-state index contributed by atoms with van der Waals surface area (Å²) in [4.78, 5) is 0. The minimum atomic E-state index is 0.533. The predicted octanol–water partition coefficient (Wildman–Crippen LogP) is 1.52. The van der Waals surface area contributed by atoms with E-state index in [0.717, 1.165) is 11.3 Å². The van der Waals surface area contributed by atoms with Gasteiger partial charge in [-0.3, -0.25) is 0 Å². The van der Waals surface area contributed by atoms with Gasteiger partial charge in [-0.1, -0.05) is 6.92 Å². The van der Waals surface area contributed by atoms with Gasteiger partial charge in [-0.25, -0.2) is 0 Å². The van der Waals surface area contributed by atoms with Crippen LogP contribution in [0.4, 0.5) is 0 Å². The van der Waals surface area contributed by atoms with Crippen molar-refractivity contribution in [2.24, 2.45) is 17.1 Å². The highest BCUT2D eigenvalue weighted by atomic mass is 14.7. The molecule has 2 aliphatic rings. The first-order valence-corrected chi connectivity index (χ1v) is 3.96. The third-order valence-electron chi connectivity index (χ3n) is 3.21. The van der Waals surface area contributed by atoms with Crippen molar-refractivity contribution >= 4 is 0 Å². The standard InChI is InChI=1S/C8H15N/c1-8-3-2-7(9)4-6(8)5-8/h6-7H,2-5,9H2,1H3/t6-,7?,8+/m1/s1. The summed E-state index contributed by atoms with van der Waals surface area (Å²) in [6.07, 6.45) is 5.42. The van der Waals surface area contributed by atoms with Gasteiger partial charge in [0.15, 0.2) is 0 Å². The van der Waals surface area contributed by atoms with Crippen molar-refractivity contribution in [3.63, 3.8) is 0 Å². The van der Waals surface area contributed by atoms with E-state index in [1.54, 1.807) is 0 Å². The lowest BCUT2D eigenvalue weighted by molar-refractivity contribution is 0.332. The number of nitrogens with two attached hydrogens (primary N) is 1. The van der Waals surface area contributed by atoms with Crippen molar-refractivity contribution in [2.45, 2.75) is 38.6 Å². The molecule has 2 rings (SSSR count). The lowest BCUT2D eigenvalue weighted by Gasteiger charge is -2.21. The molecule has 9 heavy (non-hydrogen) atoms. The smallest absolute Gasteiger partial charge is 0.00418 e. The Bertz CT molecular complexity index is 133. The number of hydrogen-bond acceptors (Lipinski definition) is 1. The van der Waals surface area contributed by atoms with Crippen LogP contribution in [0.5, 0.6) is 0 Å². The molecule has 3 atom stereocenters. The lowest BCUT2D eigenvalue weighted by atomic mass is 9.87. The first-order valence-electron chi connectivity index (χ1n) is 3.96. The van der Waals surface area contributed by atoms with Gasteiger partial charge in [0.05, 0.1) is 0 Å². The zero-order chi connectivity index (χ0) is 6.48. The molecular formula is C8H15N. The first-order chi connectivity index (χ1) is 4.21. The summed E-state index contributed by atoms with van der Waals surface area (Å²) in [5, 5.41) is 0. The minimum absolute atomic E-state index is 0.533. The molecule has 1 unspecified atom stereocenters. The summed E-state index contributed by atoms with van der Waals surface area (Å²) in [7, 11) is 0. The summed E-state index contributed by atoms with van der Waals surface area (Å²) >= 11 is 0. The van der Waals surface area contributed by atoms with Gasteiger partial charge in [0, 0.05) is 6.04 Å². The van der Waals surface area contributed by atoms with E-state index in [2.05, 4.69) is 6.92 Å². The molecule has 0 aromatic heterocycles. The molecule has 0 aromatic rings. The van der Waals surface area contributed by atoms with E-state index in [0.29, 0.717) is 6.04 Å². The Balaban J connectivity index is 2.01. The number of hydrogen-bond donors (Lipinski definition) is 1. The van der Waals surface area contributed by atoms with Crippen LogP contribution in [0.15, 0.2) is 0 Å². The topological polar surface area (TPSA) is 26.0 Å². The Morgan fingerprint density at radius 1 is 1.56 bits per heavy atom. The highest BCUT2D eigenvalue weighted by Crippen LogP contribution is 2.60. The third kappa shape index (κ3) is 0.787. The van der Waals surface area contributed by atoms with Gasteiger partial charge < -0.3 is 5.73 Å². The molecule has 0 aromatic carbocycles. The summed E-state index contributed by atoms with van der Waals surface area (Å²) in [6, 6.07) is 0.533. The SMILES string of the molecule is C[C@@]12CCC(N)C[C@@H]1C2. The first kappa shape index (κ1) is 5.72. The molecule has 0 radical (unpaired) electrons. The zero-order valence-electron chi connectivity index (χ0n) is 6.06. The van der Waals surface area contributed by atoms with Gasteiger partial charge in [0.1, 0.15) is 0 Å². The van der Waals surface area contributed by atoms with Gasteiger partial charge >= 0.3 is 0 Å². The monoisotopic (exact) mass is 125 g/mol. The van der Waals surface area contributed by atoms with Crippen molar-refractivity contribution in [3.05, 3.63) is 0 Å². The predicted molar refractivity (Wildman–Crippen MR) is 38.0 cm³/mol. The Morgan fingerprint density at radius 3 is 2.89 bits per heavy atom. The van der Waals surface area contributed by atoms with Crippen molar-refractivity contribution in [1.29, 1.82) is 0 Å². The normalized spacial score (nSPS) is 56.7. The van der Waals surface area contributed by atoms with Gasteiger partial charge in [-0.05, 0) is 37.0 Å². The van der Waals surface area contributed by atoms with Gasteiger partial charge in [0.25, 0.3) is 0 Å². The summed E-state index contributed by atoms with van der Waals surface area (Å²) in [6.45, 7) is 2.41. The van der Waals surface area contributed by atoms with Gasteiger partial charge in [-0.15, -0.1) is 0 Å². The fourth-order valence-corrected chi connectivity index (χ4v) is 2.18. The second kappa shape index (κ2) is 1.51. The molecule has 2 saturated carbocycles. The molecule has 52 valence electrons. The Labute approximate surface area is 56.6 Å². The van der Waals surface area contributed by atoms with Crippen LogP contribution in [0.3, 0.4) is 0 Å². The van der Waals surface area contributed by atoms with Crippen molar-refractivity contribution in [1.82, 2.24) is 0 Å². The molecule has 1 nitrogen and oxygen atoms in total. The van der Waals surface area contributed by atoms with Crippen LogP contribution in [0.1, 0.15) is 32.6 Å². The molecule has 2 aliphatic carbocycles. The van der Waals surface area contributed by atoms with E-state index in [-0.39, 0.29) is 0 Å². The maximum atomic E-state index is 5.81. The van der Waals surface area contributed by atoms with E-state index in [9.17, 15) is 0 Å². The molecular weight excluding hydrogens is 110 g/mol. The van der Waals surface area contributed by atoms with Crippen LogP contribution in [0.2, 0.25) is 0 Å². The van der Waals surface area contributed by atoms with Crippen LogP contribution >= 0.6 is 0 Å². The minimum Gasteiger partial charge on any atom is -0.328 e. The maximum absolute atomic E-state index is 5.81. The Hall–Kier alpha value is -0.0400. The largest absolute Gasteiger partial charge is 0.328 e. The summed E-state index contributed by atoms with van der Waals surface area (Å²) in [5.41, 5.74) is 6.56. The molecule has 1 heteroatoms. The molecule has 0 amide bonds. The maximum Gasteiger partial charge on any atom is 0.00418 e. The fourth-order valence-electron chi connectivity index (χ4n) is 2.18. The molecule has 2 fully saturated rings. The molecule has 0 aliphatic heterocycles. The second-order valence-corrected chi connectivity index (χ2v) is 4.09. The van der Waals surface area contributed by atoms with E-state index in [4.69, 9.17) is 5.73 Å². The highest BCUT2D eigenvalue weighted by Gasteiger charge is 2.52. The van der Waals surface area contributed by atoms with E-state index < -0.39 is 0 Å². The average molecular weight is 125 g/mol. The van der Waals surface area contributed by atoms with Gasteiger partial charge in [0.2, 0.25) is 0 Å². The van der Waals surface area contributed by atoms with Crippen molar-refractivity contribution in [3.8, 4) is 0 Å². The molecule has 0 heterocycles. The van der Waals surface area contributed by atoms with Crippen molar-refractivity contribution < 1.29 is 0 Å². The van der Waals surface area contributed by atoms with Crippen LogP contribution in [0, 0.1) is 11.3 Å². The fraction of sp³-hybridized carbons (Fsp3) is 1.00. The second-order valence-electron chi connectivity index (χ2n) is 4.09. The van der Waals surface area contributed by atoms with Crippen LogP contribution in [0.25, 0.3) is 0 Å². The molecule has 0 bridgehead atoms. The Morgan fingerprint density at radius 2 is 2.33 bits per heavy atom. The highest BCUT2D eigenvalue weighted by molar-refractivity contribution is 5.03. The number of fused-ring (bicyclic) bond motifs is 1. The molecule has 2 N–H and O–H groups in total. The molecule has 0 spiro atoms.